The fourth-order valence-electron chi connectivity index (χ4n) is 4.42. The van der Waals surface area contributed by atoms with Crippen molar-refractivity contribution in [3.05, 3.63) is 12.7 Å². The van der Waals surface area contributed by atoms with E-state index in [9.17, 15) is 4.79 Å². The van der Waals surface area contributed by atoms with E-state index in [-0.39, 0.29) is 71.2 Å². The molecule has 0 spiro atoms. The van der Waals surface area contributed by atoms with Crippen LogP contribution in [0.2, 0.25) is 0.386 Å². The molecule has 0 aromatic heterocycles. The predicted molar refractivity (Wildman–Crippen MR) is 55.2 cm³/mol. The Balaban J connectivity index is 0.000001000. The third-order valence-corrected chi connectivity index (χ3v) is 7.57. The van der Waals surface area contributed by atoms with Crippen molar-refractivity contribution in [3.63, 3.8) is 0 Å². The third kappa shape index (κ3) is 2.17. The minimum atomic E-state index is -0.366. The molecule has 1 saturated heterocycles. The average Bonchev–Trinajstić information content (AvgIpc) is 2.75. The molecule has 4 rings (SSSR count). The van der Waals surface area contributed by atoms with Crippen molar-refractivity contribution in [1.29, 1.82) is 0 Å². The van der Waals surface area contributed by atoms with Crippen LogP contribution in [-0.2, 0) is 30.0 Å². The molecule has 5 heteroatoms. The summed E-state index contributed by atoms with van der Waals surface area (Å²) in [4.78, 5) is 11.1. The van der Waals surface area contributed by atoms with Gasteiger partial charge in [0.05, 0.1) is 0 Å². The zero-order valence-electron chi connectivity index (χ0n) is 9.83. The summed E-state index contributed by atoms with van der Waals surface area (Å²) in [7, 11) is 0. The van der Waals surface area contributed by atoms with Crippen LogP contribution in [0.3, 0.4) is 0 Å². The number of carbonyl (C=O) groups is 1. The van der Waals surface area contributed by atoms with Crippen LogP contribution < -0.4 is 0 Å². The zero-order valence-corrected chi connectivity index (χ0v) is 14.6. The molecule has 4 aliphatic rings. The van der Waals surface area contributed by atoms with Gasteiger partial charge in [-0.15, -0.1) is 0 Å². The molecule has 0 aromatic rings. The van der Waals surface area contributed by atoms with Gasteiger partial charge in [-0.1, -0.05) is 0 Å². The smallest absolute Gasteiger partial charge is 0 e. The van der Waals surface area contributed by atoms with Gasteiger partial charge < -0.3 is 0 Å². The molecule has 1 radical (unpaired) electrons. The molecule has 3 aliphatic carbocycles. The molecule has 7 unspecified atom stereocenters. The second-order valence-corrected chi connectivity index (χ2v) is 8.01. The quantitative estimate of drug-likeness (QED) is 0.314. The maximum atomic E-state index is 11.1. The van der Waals surface area contributed by atoms with Crippen molar-refractivity contribution in [3.8, 4) is 0 Å². The second kappa shape index (κ2) is 5.31. The minimum absolute atomic E-state index is 0. The summed E-state index contributed by atoms with van der Waals surface area (Å²) in [6.07, 6.45) is 7.39. The van der Waals surface area contributed by atoms with E-state index in [1.165, 1.54) is 19.3 Å². The van der Waals surface area contributed by atoms with Crippen molar-refractivity contribution in [1.82, 2.24) is 0 Å². The first-order valence-electron chi connectivity index (χ1n) is 6.28. The van der Waals surface area contributed by atoms with Crippen LogP contribution >= 0.6 is 0 Å². The number of hydrogen-bond donors (Lipinski definition) is 0. The van der Waals surface area contributed by atoms with Gasteiger partial charge in [0.25, 0.3) is 0 Å². The molecule has 1 heterocycles. The van der Waals surface area contributed by atoms with Crippen LogP contribution in [0.5, 0.6) is 0 Å². The maximum absolute atomic E-state index is 11.1. The normalized spacial score (nSPS) is 50.3. The molecular formula is C13H15O3ReXe-. The Morgan fingerprint density at radius 1 is 1.33 bits per heavy atom. The van der Waals surface area contributed by atoms with Crippen LogP contribution in [0, 0.1) is 74.6 Å². The maximum Gasteiger partial charge on any atom is 0 e. The summed E-state index contributed by atoms with van der Waals surface area (Å²) >= 11 is -0.287. The summed E-state index contributed by atoms with van der Waals surface area (Å²) < 4.78 is 11.6. The first-order chi connectivity index (χ1) is 8.28. The SMILES string of the molecule is C=[C-]C(=O)O[Xe]C1CC2CC1C1C2CC2OC21.[Re]. The van der Waals surface area contributed by atoms with E-state index < -0.39 is 0 Å². The molecule has 4 fully saturated rings. The van der Waals surface area contributed by atoms with Crippen LogP contribution in [0.25, 0.3) is 0 Å². The fourth-order valence-corrected chi connectivity index (χ4v) is 6.97. The molecule has 1 aliphatic heterocycles. The molecule has 3 saturated carbocycles. The van der Waals surface area contributed by atoms with Crippen molar-refractivity contribution in [2.75, 3.05) is 0 Å². The number of rotatable bonds is 3. The van der Waals surface area contributed by atoms with Crippen molar-refractivity contribution < 1.29 is 74.9 Å². The third-order valence-electron chi connectivity index (χ3n) is 5.01. The minimum Gasteiger partial charge on any atom is 0 e. The van der Waals surface area contributed by atoms with Gasteiger partial charge in [-0.05, 0) is 0 Å². The van der Waals surface area contributed by atoms with Crippen molar-refractivity contribution in [2.45, 2.75) is 31.9 Å². The van der Waals surface area contributed by atoms with Crippen LogP contribution in [-0.4, -0.2) is 18.2 Å². The van der Waals surface area contributed by atoms with Crippen molar-refractivity contribution >= 4 is 5.97 Å². The molecule has 0 N–H and O–H groups in total. The van der Waals surface area contributed by atoms with Gasteiger partial charge in [0, 0.05) is 20.4 Å². The predicted octanol–water partition coefficient (Wildman–Crippen LogP) is 1.75. The molecule has 7 atom stereocenters. The van der Waals surface area contributed by atoms with E-state index in [1.54, 1.807) is 0 Å². The van der Waals surface area contributed by atoms with Gasteiger partial charge in [0.1, 0.15) is 0 Å². The Morgan fingerprint density at radius 3 is 2.94 bits per heavy atom. The summed E-state index contributed by atoms with van der Waals surface area (Å²) in [6, 6.07) is 0. The van der Waals surface area contributed by atoms with E-state index in [0.29, 0.717) is 12.6 Å². The van der Waals surface area contributed by atoms with Crippen molar-refractivity contribution in [2.24, 2.45) is 23.7 Å². The molecule has 2 bridgehead atoms. The Morgan fingerprint density at radius 2 is 2.17 bits per heavy atom. The molecule has 3 nitrogen and oxygen atoms in total. The van der Waals surface area contributed by atoms with E-state index in [2.05, 4.69) is 12.7 Å². The molecule has 0 amide bonds. The van der Waals surface area contributed by atoms with Crippen LogP contribution in [0.4, 0.5) is 0 Å². The standard InChI is InChI=1S/C13H15O3Xe.Re/c1-2-11(14)16-17-10-4-6-3-8(10)12-7(6)5-9-13(12)15-9;/h6-10,12-13H,1,3-5H2;/q-1;. The largest absolute Gasteiger partial charge is 0 e. The first-order valence-corrected chi connectivity index (χ1v) is 8.27. The first kappa shape index (κ1) is 14.3. The summed E-state index contributed by atoms with van der Waals surface area (Å²) in [6.45, 7) is 3.32. The topological polar surface area (TPSA) is 38.8 Å². The van der Waals surface area contributed by atoms with Gasteiger partial charge in [-0.2, -0.15) is 0 Å². The van der Waals surface area contributed by atoms with Crippen LogP contribution in [0.1, 0.15) is 19.3 Å². The van der Waals surface area contributed by atoms with Gasteiger partial charge in [0.15, 0.2) is 0 Å². The summed E-state index contributed by atoms with van der Waals surface area (Å²) in [5, 5.41) is 0. The second-order valence-electron chi connectivity index (χ2n) is 5.63. The number of fused-ring (bicyclic) bond motifs is 7. The van der Waals surface area contributed by atoms with E-state index in [4.69, 9.17) is 4.79 Å². The van der Waals surface area contributed by atoms with Gasteiger partial charge in [0.2, 0.25) is 0 Å². The van der Waals surface area contributed by atoms with E-state index >= 15 is 0 Å². The number of hydrogen-bond acceptors (Lipinski definition) is 3. The van der Waals surface area contributed by atoms with Gasteiger partial charge in [-0.25, -0.2) is 0 Å². The molecular weight excluding hydrogens is 522 g/mol. The monoisotopic (exact) mass is 538 g/mol. The fraction of sp³-hybridized carbons (Fsp3) is 0.769. The van der Waals surface area contributed by atoms with E-state index in [0.717, 1.165) is 23.7 Å². The number of ether oxygens (including phenoxy) is 1. The Bertz CT molecular complexity index is 388. The zero-order chi connectivity index (χ0) is 11.6. The molecule has 18 heavy (non-hydrogen) atoms. The Hall–Kier alpha value is 1.40. The number of carbonyl (C=O) groups excluding carboxylic acids is 1. The molecule has 0 aromatic carbocycles. The van der Waals surface area contributed by atoms with E-state index in [1.807, 2.05) is 0 Å². The summed E-state index contributed by atoms with van der Waals surface area (Å²) in [5.41, 5.74) is 0. The van der Waals surface area contributed by atoms with Gasteiger partial charge >= 0.3 is 129 Å². The average molecular weight is 537 g/mol. The Kier molecular flexibility index (Phi) is 4.23. The Labute approximate surface area is 147 Å². The number of epoxide rings is 1. The summed E-state index contributed by atoms with van der Waals surface area (Å²) in [5.74, 6) is 3.03. The van der Waals surface area contributed by atoms with Gasteiger partial charge in [-0.3, -0.25) is 0 Å². The molecule has 101 valence electrons. The van der Waals surface area contributed by atoms with Crippen LogP contribution in [0.15, 0.2) is 6.58 Å².